The molecule has 5 nitrogen and oxygen atoms in total. The first-order valence-corrected chi connectivity index (χ1v) is 6.37. The Balaban J connectivity index is 2.36. The van der Waals surface area contributed by atoms with Crippen LogP contribution in [0.25, 0.3) is 12.2 Å². The summed E-state index contributed by atoms with van der Waals surface area (Å²) < 4.78 is 19.7. The Morgan fingerprint density at radius 3 is 2.16 bits per heavy atom. The summed E-state index contributed by atoms with van der Waals surface area (Å²) in [5.41, 5.74) is 1.75. The van der Waals surface area contributed by atoms with Gasteiger partial charge >= 0.3 is 0 Å². The largest absolute Gasteiger partial charge is 0.493 e. The highest BCUT2D eigenvalue weighted by Gasteiger charge is 2.11. The summed E-state index contributed by atoms with van der Waals surface area (Å²) >= 11 is 1.31. The van der Waals surface area contributed by atoms with Crippen LogP contribution in [0, 0.1) is 0 Å². The van der Waals surface area contributed by atoms with Crippen molar-refractivity contribution in [3.05, 3.63) is 28.8 Å². The summed E-state index contributed by atoms with van der Waals surface area (Å²) in [6.45, 7) is 0. The first-order valence-electron chi connectivity index (χ1n) is 5.53. The molecule has 0 aliphatic rings. The Morgan fingerprint density at radius 1 is 1.00 bits per heavy atom. The van der Waals surface area contributed by atoms with Gasteiger partial charge in [0.05, 0.1) is 27.0 Å². The fraction of sp³-hybridized carbons (Fsp3) is 0.231. The third-order valence-electron chi connectivity index (χ3n) is 2.51. The first kappa shape index (κ1) is 13.4. The molecule has 1 aromatic carbocycles. The van der Waals surface area contributed by atoms with E-state index < -0.39 is 0 Å². The van der Waals surface area contributed by atoms with Gasteiger partial charge in [-0.2, -0.15) is 0 Å². The molecular weight excluding hydrogens is 264 g/mol. The predicted octanol–water partition coefficient (Wildman–Crippen LogP) is 2.73. The quantitative estimate of drug-likeness (QED) is 0.841. The van der Waals surface area contributed by atoms with Crippen molar-refractivity contribution in [1.29, 1.82) is 0 Å². The fourth-order valence-electron chi connectivity index (χ4n) is 1.62. The Bertz CT molecular complexity index is 542. The van der Waals surface area contributed by atoms with Gasteiger partial charge in [0.15, 0.2) is 11.5 Å². The van der Waals surface area contributed by atoms with Crippen molar-refractivity contribution in [2.75, 3.05) is 21.3 Å². The average molecular weight is 278 g/mol. The lowest BCUT2D eigenvalue weighted by atomic mass is 10.1. The Labute approximate surface area is 115 Å². The van der Waals surface area contributed by atoms with E-state index in [-0.39, 0.29) is 0 Å². The standard InChI is InChI=1S/C13H14N2O3S/c1-16-11-6-9(4-5-10-8-19-15-14-10)7-12(17-2)13(11)18-3/h4-8H,1-3H3/b5-4-. The van der Waals surface area contributed by atoms with Gasteiger partial charge in [-0.25, -0.2) is 0 Å². The molecule has 0 unspecified atom stereocenters. The Kier molecular flexibility index (Phi) is 4.35. The molecule has 0 spiro atoms. The molecule has 0 N–H and O–H groups in total. The molecule has 0 aliphatic carbocycles. The number of hydrogen-bond acceptors (Lipinski definition) is 6. The number of nitrogens with zero attached hydrogens (tertiary/aromatic N) is 2. The molecule has 0 saturated carbocycles. The van der Waals surface area contributed by atoms with Crippen LogP contribution in [-0.2, 0) is 0 Å². The van der Waals surface area contributed by atoms with Crippen LogP contribution in [0.4, 0.5) is 0 Å². The monoisotopic (exact) mass is 278 g/mol. The Hall–Kier alpha value is -2.08. The van der Waals surface area contributed by atoms with Crippen molar-refractivity contribution in [2.24, 2.45) is 0 Å². The molecule has 2 aromatic rings. The van der Waals surface area contributed by atoms with Crippen molar-refractivity contribution in [3.63, 3.8) is 0 Å². The van der Waals surface area contributed by atoms with Crippen LogP contribution in [0.2, 0.25) is 0 Å². The van der Waals surface area contributed by atoms with Crippen molar-refractivity contribution in [3.8, 4) is 17.2 Å². The van der Waals surface area contributed by atoms with Gasteiger partial charge in [-0.15, -0.1) is 5.10 Å². The molecule has 0 radical (unpaired) electrons. The van der Waals surface area contributed by atoms with E-state index in [4.69, 9.17) is 14.2 Å². The molecule has 100 valence electrons. The topological polar surface area (TPSA) is 53.5 Å². The minimum atomic E-state index is 0.581. The van der Waals surface area contributed by atoms with Gasteiger partial charge in [-0.05, 0) is 35.3 Å². The van der Waals surface area contributed by atoms with Gasteiger partial charge in [0.2, 0.25) is 5.75 Å². The van der Waals surface area contributed by atoms with Crippen molar-refractivity contribution < 1.29 is 14.2 Å². The van der Waals surface area contributed by atoms with Crippen LogP contribution in [0.15, 0.2) is 17.5 Å². The van der Waals surface area contributed by atoms with E-state index in [9.17, 15) is 0 Å². The van der Waals surface area contributed by atoms with Crippen molar-refractivity contribution in [2.45, 2.75) is 0 Å². The third kappa shape index (κ3) is 3.03. The zero-order chi connectivity index (χ0) is 13.7. The molecule has 2 rings (SSSR count). The summed E-state index contributed by atoms with van der Waals surface area (Å²) in [6, 6.07) is 3.75. The number of rotatable bonds is 5. The second-order valence-corrected chi connectivity index (χ2v) is 4.23. The summed E-state index contributed by atoms with van der Waals surface area (Å²) in [5, 5.41) is 5.81. The molecule has 0 saturated heterocycles. The second kappa shape index (κ2) is 6.19. The van der Waals surface area contributed by atoms with Crippen LogP contribution in [0.5, 0.6) is 17.2 Å². The van der Waals surface area contributed by atoms with E-state index >= 15 is 0 Å². The molecule has 0 atom stereocenters. The van der Waals surface area contributed by atoms with E-state index in [1.807, 2.05) is 29.7 Å². The second-order valence-electron chi connectivity index (χ2n) is 3.62. The van der Waals surface area contributed by atoms with Gasteiger partial charge in [-0.1, -0.05) is 10.6 Å². The number of hydrogen-bond donors (Lipinski definition) is 0. The lowest BCUT2D eigenvalue weighted by Gasteiger charge is -2.12. The molecule has 1 aromatic heterocycles. The van der Waals surface area contributed by atoms with E-state index in [1.54, 1.807) is 21.3 Å². The summed E-state index contributed by atoms with van der Waals surface area (Å²) in [6.07, 6.45) is 3.80. The molecule has 6 heteroatoms. The van der Waals surface area contributed by atoms with Crippen LogP contribution in [0.1, 0.15) is 11.3 Å². The number of benzene rings is 1. The molecule has 19 heavy (non-hydrogen) atoms. The van der Waals surface area contributed by atoms with Gasteiger partial charge in [0.25, 0.3) is 0 Å². The molecule has 0 aliphatic heterocycles. The maximum absolute atomic E-state index is 5.29. The zero-order valence-electron chi connectivity index (χ0n) is 10.9. The highest BCUT2D eigenvalue weighted by molar-refractivity contribution is 7.03. The smallest absolute Gasteiger partial charge is 0.203 e. The summed E-state index contributed by atoms with van der Waals surface area (Å²) in [7, 11) is 4.76. The first-order chi connectivity index (χ1) is 9.28. The number of ether oxygens (including phenoxy) is 3. The molecule has 0 bridgehead atoms. The predicted molar refractivity (Wildman–Crippen MR) is 74.9 cm³/mol. The van der Waals surface area contributed by atoms with Crippen LogP contribution >= 0.6 is 11.5 Å². The van der Waals surface area contributed by atoms with E-state index in [2.05, 4.69) is 9.59 Å². The molecule has 0 amide bonds. The van der Waals surface area contributed by atoms with E-state index in [0.29, 0.717) is 17.2 Å². The number of aromatic nitrogens is 2. The zero-order valence-corrected chi connectivity index (χ0v) is 11.7. The van der Waals surface area contributed by atoms with Gasteiger partial charge < -0.3 is 14.2 Å². The highest BCUT2D eigenvalue weighted by Crippen LogP contribution is 2.38. The van der Waals surface area contributed by atoms with Crippen molar-refractivity contribution >= 4 is 23.7 Å². The maximum atomic E-state index is 5.29. The number of methoxy groups -OCH3 is 3. The van der Waals surface area contributed by atoms with E-state index in [0.717, 1.165) is 11.3 Å². The SMILES string of the molecule is COc1cc(/C=C\c2csnn2)cc(OC)c1OC. The average Bonchev–Trinajstić information content (AvgIpc) is 2.97. The van der Waals surface area contributed by atoms with Gasteiger partial charge in [0.1, 0.15) is 0 Å². The van der Waals surface area contributed by atoms with Gasteiger partial charge in [0, 0.05) is 5.38 Å². The Morgan fingerprint density at radius 2 is 1.68 bits per heavy atom. The highest BCUT2D eigenvalue weighted by atomic mass is 32.1. The minimum absolute atomic E-state index is 0.581. The lowest BCUT2D eigenvalue weighted by molar-refractivity contribution is 0.324. The summed E-state index contributed by atoms with van der Waals surface area (Å²) in [4.78, 5) is 0. The van der Waals surface area contributed by atoms with Gasteiger partial charge in [-0.3, -0.25) is 0 Å². The van der Waals surface area contributed by atoms with Crippen molar-refractivity contribution in [1.82, 2.24) is 9.59 Å². The fourth-order valence-corrected chi connectivity index (χ4v) is 2.05. The molecule has 1 heterocycles. The third-order valence-corrected chi connectivity index (χ3v) is 3.03. The van der Waals surface area contributed by atoms with Crippen LogP contribution < -0.4 is 14.2 Å². The van der Waals surface area contributed by atoms with Crippen LogP contribution in [0.3, 0.4) is 0 Å². The summed E-state index contributed by atoms with van der Waals surface area (Å²) in [5.74, 6) is 1.83. The minimum Gasteiger partial charge on any atom is -0.493 e. The molecule has 0 fully saturated rings. The maximum Gasteiger partial charge on any atom is 0.203 e. The normalized spacial score (nSPS) is 10.7. The van der Waals surface area contributed by atoms with Crippen LogP contribution in [-0.4, -0.2) is 30.9 Å². The molecular formula is C13H14N2O3S. The lowest BCUT2D eigenvalue weighted by Crippen LogP contribution is -1.95. The van der Waals surface area contributed by atoms with E-state index in [1.165, 1.54) is 11.5 Å².